The molecule has 8 heteroatoms. The van der Waals surface area contributed by atoms with Crippen LogP contribution in [0.3, 0.4) is 0 Å². The Labute approximate surface area is 135 Å². The molecule has 2 atom stereocenters. The molecule has 0 aliphatic carbocycles. The summed E-state index contributed by atoms with van der Waals surface area (Å²) in [5.74, 6) is -0.194. The SMILES string of the molecule is COC[C@@H]1C[C@H](OC)CN1S(=O)(=O)Cc1noc2ccccc12. The van der Waals surface area contributed by atoms with E-state index in [2.05, 4.69) is 5.16 Å². The maximum atomic E-state index is 12.8. The highest BCUT2D eigenvalue weighted by Crippen LogP contribution is 2.27. The van der Waals surface area contributed by atoms with Crippen molar-refractivity contribution in [3.05, 3.63) is 30.0 Å². The molecule has 126 valence electrons. The van der Waals surface area contributed by atoms with Crippen LogP contribution in [-0.2, 0) is 25.2 Å². The molecule has 2 heterocycles. The molecule has 1 aromatic carbocycles. The molecule has 3 rings (SSSR count). The van der Waals surface area contributed by atoms with Gasteiger partial charge in [0.05, 0.1) is 18.8 Å². The zero-order valence-electron chi connectivity index (χ0n) is 13.1. The Balaban J connectivity index is 1.85. The number of benzene rings is 1. The van der Waals surface area contributed by atoms with Crippen LogP contribution in [0.5, 0.6) is 0 Å². The van der Waals surface area contributed by atoms with Gasteiger partial charge in [-0.15, -0.1) is 0 Å². The number of nitrogens with zero attached hydrogens (tertiary/aromatic N) is 2. The Morgan fingerprint density at radius 3 is 2.87 bits per heavy atom. The topological polar surface area (TPSA) is 81.9 Å². The lowest BCUT2D eigenvalue weighted by atomic mass is 10.2. The number of hydrogen-bond donors (Lipinski definition) is 0. The Morgan fingerprint density at radius 1 is 1.35 bits per heavy atom. The van der Waals surface area contributed by atoms with Gasteiger partial charge >= 0.3 is 0 Å². The van der Waals surface area contributed by atoms with Gasteiger partial charge in [0.2, 0.25) is 10.0 Å². The average Bonchev–Trinajstić information content (AvgIpc) is 3.12. The molecule has 1 fully saturated rings. The summed E-state index contributed by atoms with van der Waals surface area (Å²) in [6.07, 6.45) is 0.516. The molecule has 0 unspecified atom stereocenters. The van der Waals surface area contributed by atoms with Crippen LogP contribution < -0.4 is 0 Å². The summed E-state index contributed by atoms with van der Waals surface area (Å²) in [4.78, 5) is 0. The normalized spacial score (nSPS) is 22.9. The van der Waals surface area contributed by atoms with E-state index in [4.69, 9.17) is 14.0 Å². The van der Waals surface area contributed by atoms with Gasteiger partial charge < -0.3 is 14.0 Å². The van der Waals surface area contributed by atoms with Crippen molar-refractivity contribution in [2.24, 2.45) is 0 Å². The molecule has 23 heavy (non-hydrogen) atoms. The maximum Gasteiger partial charge on any atom is 0.220 e. The number of aromatic nitrogens is 1. The quantitative estimate of drug-likeness (QED) is 0.790. The Bertz CT molecular complexity index is 773. The fourth-order valence-corrected chi connectivity index (χ4v) is 4.71. The molecule has 7 nitrogen and oxygen atoms in total. The van der Waals surface area contributed by atoms with Gasteiger partial charge in [-0.25, -0.2) is 8.42 Å². The van der Waals surface area contributed by atoms with Crippen molar-refractivity contribution in [2.45, 2.75) is 24.3 Å². The van der Waals surface area contributed by atoms with E-state index in [1.807, 2.05) is 18.2 Å². The van der Waals surface area contributed by atoms with Crippen LogP contribution >= 0.6 is 0 Å². The molecule has 0 radical (unpaired) electrons. The molecular formula is C15H20N2O5S. The van der Waals surface area contributed by atoms with Crippen LogP contribution in [0.2, 0.25) is 0 Å². The van der Waals surface area contributed by atoms with Crippen LogP contribution in [0.25, 0.3) is 11.0 Å². The van der Waals surface area contributed by atoms with Crippen molar-refractivity contribution in [2.75, 3.05) is 27.4 Å². The molecule has 1 aliphatic heterocycles. The highest BCUT2D eigenvalue weighted by molar-refractivity contribution is 7.88. The van der Waals surface area contributed by atoms with Gasteiger partial charge in [0.1, 0.15) is 11.4 Å². The lowest BCUT2D eigenvalue weighted by molar-refractivity contribution is 0.110. The highest BCUT2D eigenvalue weighted by atomic mass is 32.2. The van der Waals surface area contributed by atoms with E-state index in [-0.39, 0.29) is 17.9 Å². The third kappa shape index (κ3) is 3.25. The maximum absolute atomic E-state index is 12.8. The smallest absolute Gasteiger partial charge is 0.220 e. The van der Waals surface area contributed by atoms with E-state index in [1.54, 1.807) is 20.3 Å². The van der Waals surface area contributed by atoms with E-state index < -0.39 is 10.0 Å². The summed E-state index contributed by atoms with van der Waals surface area (Å²) in [7, 11) is -0.379. The summed E-state index contributed by atoms with van der Waals surface area (Å²) < 4.78 is 42.8. The first-order valence-electron chi connectivity index (χ1n) is 7.39. The lowest BCUT2D eigenvalue weighted by Gasteiger charge is -2.22. The fraction of sp³-hybridized carbons (Fsp3) is 0.533. The second-order valence-corrected chi connectivity index (χ2v) is 7.58. The van der Waals surface area contributed by atoms with Crippen molar-refractivity contribution in [3.8, 4) is 0 Å². The van der Waals surface area contributed by atoms with Crippen LogP contribution in [0.4, 0.5) is 0 Å². The largest absolute Gasteiger partial charge is 0.383 e. The predicted octanol–water partition coefficient (Wildman–Crippen LogP) is 1.39. The Kier molecular flexibility index (Phi) is 4.67. The number of methoxy groups -OCH3 is 2. The fourth-order valence-electron chi connectivity index (χ4n) is 3.00. The van der Waals surface area contributed by atoms with E-state index >= 15 is 0 Å². The van der Waals surface area contributed by atoms with Crippen LogP contribution in [0, 0.1) is 0 Å². The van der Waals surface area contributed by atoms with Gasteiger partial charge in [-0.05, 0) is 18.6 Å². The van der Waals surface area contributed by atoms with E-state index in [0.29, 0.717) is 30.8 Å². The van der Waals surface area contributed by atoms with Crippen molar-refractivity contribution in [3.63, 3.8) is 0 Å². The van der Waals surface area contributed by atoms with Gasteiger partial charge in [-0.2, -0.15) is 4.31 Å². The highest BCUT2D eigenvalue weighted by Gasteiger charge is 2.40. The lowest BCUT2D eigenvalue weighted by Crippen LogP contribution is -2.39. The van der Waals surface area contributed by atoms with Crippen molar-refractivity contribution in [1.29, 1.82) is 0 Å². The summed E-state index contributed by atoms with van der Waals surface area (Å²) in [6.45, 7) is 0.682. The molecule has 1 aromatic heterocycles. The minimum Gasteiger partial charge on any atom is -0.383 e. The molecule has 1 saturated heterocycles. The third-order valence-corrected chi connectivity index (χ3v) is 5.95. The second kappa shape index (κ2) is 6.56. The van der Waals surface area contributed by atoms with Crippen molar-refractivity contribution >= 4 is 21.0 Å². The number of rotatable bonds is 6. The first-order chi connectivity index (χ1) is 11.0. The molecule has 0 bridgehead atoms. The Hall–Kier alpha value is -1.48. The molecule has 0 spiro atoms. The monoisotopic (exact) mass is 340 g/mol. The van der Waals surface area contributed by atoms with Crippen molar-refractivity contribution in [1.82, 2.24) is 9.46 Å². The van der Waals surface area contributed by atoms with Crippen LogP contribution in [0.15, 0.2) is 28.8 Å². The summed E-state index contributed by atoms with van der Waals surface area (Å²) in [6, 6.07) is 7.02. The molecular weight excluding hydrogens is 320 g/mol. The van der Waals surface area contributed by atoms with Crippen LogP contribution in [0.1, 0.15) is 12.1 Å². The van der Waals surface area contributed by atoms with Gasteiger partial charge in [-0.3, -0.25) is 0 Å². The first-order valence-corrected chi connectivity index (χ1v) is 9.00. The second-order valence-electron chi connectivity index (χ2n) is 5.65. The van der Waals surface area contributed by atoms with E-state index in [0.717, 1.165) is 5.39 Å². The van der Waals surface area contributed by atoms with Gasteiger partial charge in [0.25, 0.3) is 0 Å². The standard InChI is InChI=1S/C15H20N2O5S/c1-20-9-11-7-12(21-2)8-17(11)23(18,19)10-14-13-5-3-4-6-15(13)22-16-14/h3-6,11-12H,7-10H2,1-2H3/t11-,12-/m0/s1. The first kappa shape index (κ1) is 16.4. The molecule has 1 aliphatic rings. The van der Waals surface area contributed by atoms with Gasteiger partial charge in [-0.1, -0.05) is 17.3 Å². The summed E-state index contributed by atoms with van der Waals surface area (Å²) in [5.41, 5.74) is 1.01. The number of hydrogen-bond acceptors (Lipinski definition) is 6. The number of ether oxygens (including phenoxy) is 2. The third-order valence-electron chi connectivity index (χ3n) is 4.15. The minimum atomic E-state index is -3.54. The van der Waals surface area contributed by atoms with Gasteiger partial charge in [0, 0.05) is 26.2 Å². The number of para-hydroxylation sites is 1. The molecule has 0 N–H and O–H groups in total. The van der Waals surface area contributed by atoms with E-state index in [9.17, 15) is 8.42 Å². The minimum absolute atomic E-state index is 0.112. The van der Waals surface area contributed by atoms with Crippen molar-refractivity contribution < 1.29 is 22.4 Å². The van der Waals surface area contributed by atoms with Crippen LogP contribution in [-0.4, -0.2) is 57.4 Å². The average molecular weight is 340 g/mol. The number of sulfonamides is 1. The zero-order chi connectivity index (χ0) is 16.4. The molecule has 0 saturated carbocycles. The molecule has 2 aromatic rings. The van der Waals surface area contributed by atoms with Gasteiger partial charge in [0.15, 0.2) is 5.58 Å². The summed E-state index contributed by atoms with van der Waals surface area (Å²) in [5, 5.41) is 4.64. The predicted molar refractivity (Wildman–Crippen MR) is 84.4 cm³/mol. The Morgan fingerprint density at radius 2 is 2.13 bits per heavy atom. The molecule has 0 amide bonds. The summed E-state index contributed by atoms with van der Waals surface area (Å²) >= 11 is 0. The number of fused-ring (bicyclic) bond motifs is 1. The zero-order valence-corrected chi connectivity index (χ0v) is 14.0. The van der Waals surface area contributed by atoms with E-state index in [1.165, 1.54) is 4.31 Å².